The molecule has 2 rings (SSSR count). The highest BCUT2D eigenvalue weighted by atomic mass is 35.5. The zero-order chi connectivity index (χ0) is 13.8. The number of nitrogens with zero attached hydrogens (tertiary/aromatic N) is 3. The van der Waals surface area contributed by atoms with E-state index >= 15 is 0 Å². The van der Waals surface area contributed by atoms with Crippen LogP contribution in [0.15, 0.2) is 30.3 Å². The van der Waals surface area contributed by atoms with Crippen molar-refractivity contribution in [3.8, 4) is 17.4 Å². The van der Waals surface area contributed by atoms with Crippen LogP contribution in [0.5, 0.6) is 17.4 Å². The van der Waals surface area contributed by atoms with Crippen molar-refractivity contribution < 1.29 is 14.4 Å². The lowest BCUT2D eigenvalue weighted by Gasteiger charge is -2.08. The summed E-state index contributed by atoms with van der Waals surface area (Å²) in [5.74, 6) is 0.680. The first-order valence-electron chi connectivity index (χ1n) is 5.09. The third-order valence-corrected chi connectivity index (χ3v) is 2.38. The molecule has 0 fully saturated rings. The fourth-order valence-electron chi connectivity index (χ4n) is 1.33. The topological polar surface area (TPSA) is 87.4 Å². The second-order valence-corrected chi connectivity index (χ2v) is 3.78. The first kappa shape index (κ1) is 13.0. The lowest BCUT2D eigenvalue weighted by molar-refractivity contribution is -0.384. The summed E-state index contributed by atoms with van der Waals surface area (Å²) >= 11 is 5.60. The molecule has 19 heavy (non-hydrogen) atoms. The van der Waals surface area contributed by atoms with Crippen LogP contribution in [0.2, 0.25) is 5.15 Å². The molecule has 7 nitrogen and oxygen atoms in total. The maximum Gasteiger partial charge on any atom is 0.273 e. The molecular weight excluding hydrogens is 274 g/mol. The quantitative estimate of drug-likeness (QED) is 0.632. The molecule has 0 spiro atoms. The van der Waals surface area contributed by atoms with Crippen molar-refractivity contribution in [2.75, 3.05) is 7.11 Å². The number of hydrogen-bond donors (Lipinski definition) is 0. The minimum Gasteiger partial charge on any atom is -0.493 e. The first-order valence-corrected chi connectivity index (χ1v) is 5.47. The molecule has 0 N–H and O–H groups in total. The van der Waals surface area contributed by atoms with Crippen LogP contribution in [0, 0.1) is 10.1 Å². The molecule has 2 aromatic rings. The van der Waals surface area contributed by atoms with Gasteiger partial charge < -0.3 is 9.47 Å². The van der Waals surface area contributed by atoms with E-state index in [0.29, 0.717) is 5.75 Å². The van der Waals surface area contributed by atoms with Gasteiger partial charge in [-0.15, -0.1) is 10.2 Å². The number of nitro benzene ring substituents is 1. The van der Waals surface area contributed by atoms with E-state index in [1.807, 2.05) is 0 Å². The summed E-state index contributed by atoms with van der Waals surface area (Å²) in [5.41, 5.74) is -0.113. The van der Waals surface area contributed by atoms with Gasteiger partial charge in [0.1, 0.15) is 0 Å². The maximum absolute atomic E-state index is 10.7. The summed E-state index contributed by atoms with van der Waals surface area (Å²) in [6.07, 6.45) is 0. The Morgan fingerprint density at radius 1 is 1.21 bits per heavy atom. The van der Waals surface area contributed by atoms with Gasteiger partial charge in [-0.1, -0.05) is 11.6 Å². The first-order chi connectivity index (χ1) is 9.10. The second-order valence-electron chi connectivity index (χ2n) is 3.39. The zero-order valence-corrected chi connectivity index (χ0v) is 10.5. The molecule has 0 bridgehead atoms. The Kier molecular flexibility index (Phi) is 3.76. The van der Waals surface area contributed by atoms with Crippen molar-refractivity contribution in [2.24, 2.45) is 0 Å². The summed E-state index contributed by atoms with van der Waals surface area (Å²) in [4.78, 5) is 10.2. The highest BCUT2D eigenvalue weighted by Gasteiger charge is 2.13. The maximum atomic E-state index is 10.7. The van der Waals surface area contributed by atoms with Crippen LogP contribution >= 0.6 is 11.6 Å². The number of ether oxygens (including phenoxy) is 2. The molecular formula is C11H8ClN3O4. The number of non-ortho nitro benzene ring substituents is 1. The molecule has 1 aromatic heterocycles. The molecule has 8 heteroatoms. The monoisotopic (exact) mass is 281 g/mol. The van der Waals surface area contributed by atoms with Crippen molar-refractivity contribution in [3.63, 3.8) is 0 Å². The highest BCUT2D eigenvalue weighted by Crippen LogP contribution is 2.33. The molecule has 0 aliphatic heterocycles. The van der Waals surface area contributed by atoms with E-state index in [1.165, 1.54) is 37.4 Å². The van der Waals surface area contributed by atoms with Crippen LogP contribution in [-0.4, -0.2) is 22.2 Å². The molecule has 0 amide bonds. The van der Waals surface area contributed by atoms with Crippen LogP contribution in [-0.2, 0) is 0 Å². The normalized spacial score (nSPS) is 10.0. The molecule has 0 saturated carbocycles. The molecule has 0 aliphatic carbocycles. The third-order valence-electron chi connectivity index (χ3n) is 2.18. The van der Waals surface area contributed by atoms with Gasteiger partial charge in [-0.05, 0) is 12.1 Å². The number of aromatic nitrogens is 2. The molecule has 0 saturated heterocycles. The largest absolute Gasteiger partial charge is 0.493 e. The van der Waals surface area contributed by atoms with E-state index in [0.717, 1.165) is 0 Å². The van der Waals surface area contributed by atoms with Crippen molar-refractivity contribution in [1.29, 1.82) is 0 Å². The molecule has 1 aromatic carbocycles. The zero-order valence-electron chi connectivity index (χ0n) is 9.74. The van der Waals surface area contributed by atoms with Gasteiger partial charge in [0.25, 0.3) is 5.69 Å². The average Bonchev–Trinajstić information content (AvgIpc) is 2.41. The Balaban J connectivity index is 2.34. The predicted octanol–water partition coefficient (Wildman–Crippen LogP) is 2.84. The fourth-order valence-corrected chi connectivity index (χ4v) is 1.43. The Hall–Kier alpha value is -2.41. The summed E-state index contributed by atoms with van der Waals surface area (Å²) < 4.78 is 10.4. The van der Waals surface area contributed by atoms with Crippen LogP contribution in [0.4, 0.5) is 5.69 Å². The Bertz CT molecular complexity index is 603. The third kappa shape index (κ3) is 3.08. The summed E-state index contributed by atoms with van der Waals surface area (Å²) in [5, 5.41) is 18.2. The predicted molar refractivity (Wildman–Crippen MR) is 66.8 cm³/mol. The van der Waals surface area contributed by atoms with E-state index in [9.17, 15) is 10.1 Å². The molecule has 0 unspecified atom stereocenters. The second kappa shape index (κ2) is 5.49. The molecule has 0 aliphatic rings. The standard InChI is InChI=1S/C11H8ClN3O4/c1-18-8-3-2-7(15(16)17)6-9(8)19-11-5-4-10(12)13-14-11/h2-6H,1H3. The Morgan fingerprint density at radius 3 is 2.58 bits per heavy atom. The number of nitro groups is 1. The van der Waals surface area contributed by atoms with E-state index in [1.54, 1.807) is 0 Å². The van der Waals surface area contributed by atoms with E-state index < -0.39 is 4.92 Å². The van der Waals surface area contributed by atoms with Gasteiger partial charge in [0.15, 0.2) is 16.7 Å². The van der Waals surface area contributed by atoms with Gasteiger partial charge >= 0.3 is 0 Å². The van der Waals surface area contributed by atoms with Gasteiger partial charge in [-0.3, -0.25) is 10.1 Å². The lowest BCUT2D eigenvalue weighted by Crippen LogP contribution is -1.95. The van der Waals surface area contributed by atoms with Crippen molar-refractivity contribution in [1.82, 2.24) is 10.2 Å². The summed E-state index contributed by atoms with van der Waals surface area (Å²) in [6.45, 7) is 0. The summed E-state index contributed by atoms with van der Waals surface area (Å²) in [7, 11) is 1.43. The van der Waals surface area contributed by atoms with Crippen LogP contribution in [0.1, 0.15) is 0 Å². The fraction of sp³-hybridized carbons (Fsp3) is 0.0909. The van der Waals surface area contributed by atoms with Gasteiger partial charge in [0, 0.05) is 12.1 Å². The van der Waals surface area contributed by atoms with Gasteiger partial charge in [0.2, 0.25) is 5.88 Å². The summed E-state index contributed by atoms with van der Waals surface area (Å²) in [6, 6.07) is 6.99. The highest BCUT2D eigenvalue weighted by molar-refractivity contribution is 6.29. The van der Waals surface area contributed by atoms with E-state index in [-0.39, 0.29) is 22.5 Å². The Morgan fingerprint density at radius 2 is 2.00 bits per heavy atom. The van der Waals surface area contributed by atoms with Crippen molar-refractivity contribution >= 4 is 17.3 Å². The van der Waals surface area contributed by atoms with Crippen LogP contribution < -0.4 is 9.47 Å². The van der Waals surface area contributed by atoms with Crippen molar-refractivity contribution in [3.05, 3.63) is 45.6 Å². The smallest absolute Gasteiger partial charge is 0.273 e. The lowest BCUT2D eigenvalue weighted by atomic mass is 10.3. The van der Waals surface area contributed by atoms with Gasteiger partial charge in [-0.2, -0.15) is 0 Å². The van der Waals surface area contributed by atoms with E-state index in [4.69, 9.17) is 21.1 Å². The van der Waals surface area contributed by atoms with E-state index in [2.05, 4.69) is 10.2 Å². The van der Waals surface area contributed by atoms with Crippen LogP contribution in [0.3, 0.4) is 0 Å². The van der Waals surface area contributed by atoms with Crippen molar-refractivity contribution in [2.45, 2.75) is 0 Å². The minimum absolute atomic E-state index is 0.113. The number of rotatable bonds is 4. The minimum atomic E-state index is -0.528. The molecule has 1 heterocycles. The van der Waals surface area contributed by atoms with Gasteiger partial charge in [-0.25, -0.2) is 0 Å². The molecule has 0 radical (unpaired) electrons. The number of halogens is 1. The number of hydrogen-bond acceptors (Lipinski definition) is 6. The number of methoxy groups -OCH3 is 1. The number of benzene rings is 1. The average molecular weight is 282 g/mol. The molecule has 0 atom stereocenters. The SMILES string of the molecule is COc1ccc([N+](=O)[O-])cc1Oc1ccc(Cl)nn1. The van der Waals surface area contributed by atoms with Gasteiger partial charge in [0.05, 0.1) is 18.1 Å². The van der Waals surface area contributed by atoms with Crippen LogP contribution in [0.25, 0.3) is 0 Å². The molecule has 98 valence electrons. The Labute approximate surface area is 112 Å².